The van der Waals surface area contributed by atoms with Crippen molar-refractivity contribution in [3.8, 4) is 0 Å². The summed E-state index contributed by atoms with van der Waals surface area (Å²) in [5, 5.41) is 13.6. The van der Waals surface area contributed by atoms with Crippen LogP contribution in [-0.2, 0) is 30.2 Å². The first kappa shape index (κ1) is 77.3. The maximum atomic E-state index is 13.6. The van der Waals surface area contributed by atoms with Gasteiger partial charge in [0.05, 0.1) is 66.4 Å². The molecule has 3 aliphatic rings. The van der Waals surface area contributed by atoms with Gasteiger partial charge < -0.3 is 43.8 Å². The second kappa shape index (κ2) is 29.8. The van der Waals surface area contributed by atoms with Crippen LogP contribution in [0.25, 0.3) is 131 Å². The molecule has 522 valence electrons. The molecule has 4 N–H and O–H groups in total. The van der Waals surface area contributed by atoms with Crippen molar-refractivity contribution in [3.63, 3.8) is 0 Å². The summed E-state index contributed by atoms with van der Waals surface area (Å²) in [7, 11) is 7.84. The highest BCUT2D eigenvalue weighted by Gasteiger charge is 2.48. The van der Waals surface area contributed by atoms with Crippen LogP contribution in [0.1, 0.15) is 194 Å². The van der Waals surface area contributed by atoms with Crippen molar-refractivity contribution in [1.82, 2.24) is 43.8 Å². The Bertz CT molecular complexity index is 5500. The van der Waals surface area contributed by atoms with Gasteiger partial charge in [-0.3, -0.25) is 14.4 Å². The molecule has 12 nitrogen and oxygen atoms in total. The van der Waals surface area contributed by atoms with E-state index in [2.05, 4.69) is 212 Å². The topological polar surface area (TPSA) is 134 Å². The fourth-order valence-electron chi connectivity index (χ4n) is 15.4. The van der Waals surface area contributed by atoms with Crippen LogP contribution >= 0.6 is 24.0 Å². The highest BCUT2D eigenvalue weighted by Crippen LogP contribution is 2.54. The minimum Gasteiger partial charge on any atom is -0.353 e. The van der Waals surface area contributed by atoms with Crippen LogP contribution in [0.15, 0.2) is 146 Å². The molecule has 13 heteroatoms. The molecular formula is C86H108IN9O3. The lowest BCUT2D eigenvalue weighted by molar-refractivity contribution is 0.0684. The maximum Gasteiger partial charge on any atom is 0.255 e. The van der Waals surface area contributed by atoms with Crippen LogP contribution in [0.3, 0.4) is 0 Å². The molecule has 0 fully saturated rings. The average Bonchev–Trinajstić information content (AvgIpc) is 1.54. The van der Waals surface area contributed by atoms with E-state index in [0.29, 0.717) is 0 Å². The van der Waals surface area contributed by atoms with Gasteiger partial charge in [-0.25, -0.2) is 0 Å². The number of H-pyrrole nitrogens is 4. The van der Waals surface area contributed by atoms with Gasteiger partial charge >= 0.3 is 0 Å². The Morgan fingerprint density at radius 1 is 0.323 bits per heavy atom. The Morgan fingerprint density at radius 2 is 0.576 bits per heavy atom. The zero-order valence-corrected chi connectivity index (χ0v) is 63.8. The third-order valence-corrected chi connectivity index (χ3v) is 20.1. The van der Waals surface area contributed by atoms with E-state index in [4.69, 9.17) is 0 Å². The summed E-state index contributed by atoms with van der Waals surface area (Å²) in [4.78, 5) is 60.7. The quantitative estimate of drug-likeness (QED) is 0.122. The van der Waals surface area contributed by atoms with Gasteiger partial charge in [-0.1, -0.05) is 207 Å². The summed E-state index contributed by atoms with van der Waals surface area (Å²) in [6, 6.07) is 50.2. The number of hydrogen-bond donors (Lipinski definition) is 4. The molecule has 3 aliphatic heterocycles. The fraction of sp³-hybridized carbons (Fsp3) is 0.337. The SMILES string of the molecule is C.C.CC.CC.CC.CC.CC.CC.CCn1c2ccccc2c2c3c(c4c5ccccc5[nH]c4c21)C(C)(C)N(C)C3=O.CN1C(=O)c2c(c3c4ccccc4[nH]c3c3[nH]c4ccccc4c23)C1(C)C.CN1C(=O)c2c(c3c4ccccc4[nH]c3c3c2c2ccccc2n3C)C1(C)C.I. The summed E-state index contributed by atoms with van der Waals surface area (Å²) < 4.78 is 4.57. The number of nitrogens with one attached hydrogen (secondary N) is 4. The van der Waals surface area contributed by atoms with E-state index in [0.717, 1.165) is 138 Å². The number of carbonyl (C=O) groups excluding carboxylic acids is 3. The van der Waals surface area contributed by atoms with Crippen LogP contribution in [-0.4, -0.2) is 82.6 Å². The lowest BCUT2D eigenvalue weighted by Crippen LogP contribution is -2.35. The third-order valence-electron chi connectivity index (χ3n) is 20.1. The molecule has 9 heterocycles. The molecule has 3 amide bonds. The van der Waals surface area contributed by atoms with Crippen molar-refractivity contribution in [2.75, 3.05) is 21.1 Å². The molecule has 9 aromatic carbocycles. The van der Waals surface area contributed by atoms with E-state index in [1.165, 1.54) is 32.4 Å². The average molecular weight is 1440 g/mol. The second-order valence-corrected chi connectivity index (χ2v) is 25.0. The molecule has 18 rings (SSSR count). The van der Waals surface area contributed by atoms with Crippen molar-refractivity contribution in [1.29, 1.82) is 0 Å². The Hall–Kier alpha value is -9.08. The molecule has 99 heavy (non-hydrogen) atoms. The highest BCUT2D eigenvalue weighted by atomic mass is 127. The van der Waals surface area contributed by atoms with Crippen molar-refractivity contribution in [2.24, 2.45) is 7.05 Å². The number of fused-ring (bicyclic) bond motifs is 30. The van der Waals surface area contributed by atoms with Crippen LogP contribution in [0.4, 0.5) is 0 Å². The van der Waals surface area contributed by atoms with E-state index in [-0.39, 0.29) is 73.2 Å². The first-order valence-electron chi connectivity index (χ1n) is 35.1. The van der Waals surface area contributed by atoms with E-state index < -0.39 is 0 Å². The van der Waals surface area contributed by atoms with Crippen molar-refractivity contribution in [3.05, 3.63) is 179 Å². The minimum atomic E-state index is -0.376. The van der Waals surface area contributed by atoms with Crippen molar-refractivity contribution in [2.45, 2.75) is 170 Å². The molecule has 0 radical (unpaired) electrons. The van der Waals surface area contributed by atoms with E-state index in [1.54, 1.807) is 0 Å². The number of para-hydroxylation sites is 6. The molecule has 0 unspecified atom stereocenters. The molecule has 0 bridgehead atoms. The smallest absolute Gasteiger partial charge is 0.255 e. The number of aromatic amines is 4. The van der Waals surface area contributed by atoms with E-state index in [9.17, 15) is 14.4 Å². The van der Waals surface area contributed by atoms with Gasteiger partial charge in [0.15, 0.2) is 0 Å². The zero-order chi connectivity index (χ0) is 69.9. The minimum absolute atomic E-state index is 0. The van der Waals surface area contributed by atoms with E-state index in [1.807, 2.05) is 137 Å². The largest absolute Gasteiger partial charge is 0.353 e. The Kier molecular flexibility index (Phi) is 23.2. The number of hydrogen-bond acceptors (Lipinski definition) is 3. The maximum absolute atomic E-state index is 13.6. The lowest BCUT2D eigenvalue weighted by atomic mass is 9.87. The first-order chi connectivity index (χ1) is 46.4. The lowest BCUT2D eigenvalue weighted by Gasteiger charge is -2.29. The van der Waals surface area contributed by atoms with Gasteiger partial charge in [0.1, 0.15) is 0 Å². The molecule has 0 saturated heterocycles. The van der Waals surface area contributed by atoms with Gasteiger partial charge in [0.2, 0.25) is 0 Å². The Morgan fingerprint density at radius 3 is 0.939 bits per heavy atom. The highest BCUT2D eigenvalue weighted by molar-refractivity contribution is 14.0. The zero-order valence-electron chi connectivity index (χ0n) is 61.4. The number of rotatable bonds is 1. The summed E-state index contributed by atoms with van der Waals surface area (Å²) in [5.74, 6) is 0.312. The third kappa shape index (κ3) is 11.0. The fourth-order valence-corrected chi connectivity index (χ4v) is 15.4. The second-order valence-electron chi connectivity index (χ2n) is 25.0. The van der Waals surface area contributed by atoms with E-state index >= 15 is 0 Å². The van der Waals surface area contributed by atoms with Gasteiger partial charge in [-0.2, -0.15) is 0 Å². The summed E-state index contributed by atoms with van der Waals surface area (Å²) >= 11 is 0. The number of nitrogens with zero attached hydrogens (tertiary/aromatic N) is 5. The number of benzene rings is 9. The first-order valence-corrected chi connectivity index (χ1v) is 35.1. The van der Waals surface area contributed by atoms with Crippen LogP contribution in [0.5, 0.6) is 0 Å². The number of halogens is 1. The van der Waals surface area contributed by atoms with Gasteiger partial charge in [0, 0.05) is 149 Å². The number of aryl methyl sites for hydroxylation is 2. The van der Waals surface area contributed by atoms with Crippen LogP contribution in [0, 0.1) is 0 Å². The standard InChI is InChI=1S/C25H23N3O.C24H21N3O.C23H19N3O.6C2H6.2CH4.HI/c1-5-28-17-13-9-7-11-15(17)18-20-21(25(2,3)27(4)24(20)29)19-14-10-6-8-12-16(14)26-22(19)23(18)28;1-24(2)20-18-13-9-5-7-11-15(13)25-21(18)22-17(19(20)23(28)27(24)4)14-10-6-8-12-16(14)26(22)3;1-23(2)19-17-13-9-5-7-11-15(13)25-21(17)20-16(18(19)22(27)26(23)3)12-8-4-6-10-14(12)24-20;6*1-2;;;/h6-13,26H,5H2,1-4H3;5-12,25H,1-4H3;4-11,24-25H,1-3H3;6*1-2H3;2*1H4;1H. The van der Waals surface area contributed by atoms with Gasteiger partial charge in [-0.05, 0) is 84.9 Å². The molecular weight excluding hydrogens is 1330 g/mol. The molecule has 0 aliphatic carbocycles. The van der Waals surface area contributed by atoms with Crippen LogP contribution in [0.2, 0.25) is 0 Å². The normalized spacial score (nSPS) is 14.1. The number of amides is 3. The predicted octanol–water partition coefficient (Wildman–Crippen LogP) is 24.4. The molecule has 0 spiro atoms. The summed E-state index contributed by atoms with van der Waals surface area (Å²) in [6.07, 6.45) is 0. The number of carbonyl (C=O) groups is 3. The number of aromatic nitrogens is 6. The molecule has 15 aromatic rings. The Balaban J connectivity index is 0.000000191. The van der Waals surface area contributed by atoms with Gasteiger partial charge in [-0.15, -0.1) is 24.0 Å². The van der Waals surface area contributed by atoms with Crippen LogP contribution < -0.4 is 0 Å². The Labute approximate surface area is 603 Å². The van der Waals surface area contributed by atoms with Crippen molar-refractivity contribution >= 4 is 173 Å². The molecule has 6 aromatic heterocycles. The van der Waals surface area contributed by atoms with Crippen molar-refractivity contribution < 1.29 is 14.4 Å². The molecule has 0 atom stereocenters. The summed E-state index contributed by atoms with van der Waals surface area (Å²) in [5.41, 5.74) is 18.1. The predicted molar refractivity (Wildman–Crippen MR) is 442 cm³/mol. The van der Waals surface area contributed by atoms with Gasteiger partial charge in [0.25, 0.3) is 17.7 Å². The monoisotopic (exact) mass is 1440 g/mol. The summed E-state index contributed by atoms with van der Waals surface area (Å²) in [6.45, 7) is 39.9. The molecule has 0 saturated carbocycles.